The lowest BCUT2D eigenvalue weighted by atomic mass is 9.98. The maximum absolute atomic E-state index is 10.7. The molecule has 0 aliphatic carbocycles. The highest BCUT2D eigenvalue weighted by atomic mass is 32.1. The summed E-state index contributed by atoms with van der Waals surface area (Å²) in [6.07, 6.45) is 1.75. The van der Waals surface area contributed by atoms with Gasteiger partial charge in [-0.1, -0.05) is 31.2 Å². The van der Waals surface area contributed by atoms with Crippen LogP contribution in [0.5, 0.6) is 17.2 Å². The van der Waals surface area contributed by atoms with Crippen LogP contribution in [0.2, 0.25) is 0 Å². The van der Waals surface area contributed by atoms with Crippen LogP contribution >= 0.6 is 11.3 Å². The van der Waals surface area contributed by atoms with Gasteiger partial charge in [-0.15, -0.1) is 21.5 Å². The molecule has 1 amide bonds. The van der Waals surface area contributed by atoms with E-state index in [4.69, 9.17) is 9.73 Å². The molecule has 42 heavy (non-hydrogen) atoms. The second-order valence-corrected chi connectivity index (χ2v) is 11.0. The Labute approximate surface area is 248 Å². The number of hydrogen-bond donors (Lipinski definition) is 3. The predicted molar refractivity (Wildman–Crippen MR) is 165 cm³/mol. The number of fused-ring (bicyclic) bond motifs is 4. The zero-order chi connectivity index (χ0) is 29.8. The maximum Gasteiger partial charge on any atom is 0.216 e. The Morgan fingerprint density at radius 2 is 1.86 bits per heavy atom. The largest absolute Gasteiger partial charge is 0.504 e. The summed E-state index contributed by atoms with van der Waals surface area (Å²) in [6, 6.07) is 19.9. The first-order valence-electron chi connectivity index (χ1n) is 13.7. The van der Waals surface area contributed by atoms with Crippen LogP contribution in [0, 0.1) is 6.92 Å². The number of carbonyl (C=O) groups excluding carboxylic acids is 1. The van der Waals surface area contributed by atoms with Crippen LogP contribution in [0.1, 0.15) is 47.1 Å². The fourth-order valence-electron chi connectivity index (χ4n) is 4.85. The van der Waals surface area contributed by atoms with Gasteiger partial charge in [0, 0.05) is 29.5 Å². The van der Waals surface area contributed by atoms with Crippen molar-refractivity contribution >= 4 is 33.0 Å². The second kappa shape index (κ2) is 12.4. The smallest absolute Gasteiger partial charge is 0.216 e. The molecule has 1 aliphatic rings. The van der Waals surface area contributed by atoms with Gasteiger partial charge in [0.15, 0.2) is 17.3 Å². The molecule has 9 nitrogen and oxygen atoms in total. The number of nitrogens with one attached hydrogen (secondary N) is 1. The van der Waals surface area contributed by atoms with Crippen molar-refractivity contribution in [3.63, 3.8) is 0 Å². The molecule has 5 aromatic rings. The number of hydrogen-bond acceptors (Lipinski definition) is 8. The molecule has 0 fully saturated rings. The SMILES string of the molecule is CC(=O)NCCc1cc2ccc(O)c(O)c2s1.CCc1ccc(C2=NCc3nnc(C)n3-c3ccc(OC)cc32)cc1. The number of methoxy groups -OCH3 is 1. The van der Waals surface area contributed by atoms with Crippen molar-refractivity contribution in [1.82, 2.24) is 20.1 Å². The van der Waals surface area contributed by atoms with Gasteiger partial charge < -0.3 is 20.3 Å². The Morgan fingerprint density at radius 3 is 2.57 bits per heavy atom. The molecule has 0 spiro atoms. The number of aryl methyl sites for hydroxylation is 2. The van der Waals surface area contributed by atoms with Crippen LogP contribution in [-0.4, -0.2) is 50.3 Å². The summed E-state index contributed by atoms with van der Waals surface area (Å²) < 4.78 is 8.20. The number of benzene rings is 3. The van der Waals surface area contributed by atoms with Crippen LogP contribution in [0.25, 0.3) is 15.8 Å². The van der Waals surface area contributed by atoms with Gasteiger partial charge in [0.05, 0.1) is 23.2 Å². The molecule has 2 aromatic heterocycles. The highest BCUT2D eigenvalue weighted by Gasteiger charge is 2.22. The van der Waals surface area contributed by atoms with E-state index in [0.717, 1.165) is 63.0 Å². The van der Waals surface area contributed by atoms with Gasteiger partial charge in [0.2, 0.25) is 5.91 Å². The van der Waals surface area contributed by atoms with E-state index in [1.807, 2.05) is 25.1 Å². The first-order valence-corrected chi connectivity index (χ1v) is 14.5. The molecule has 6 rings (SSSR count). The lowest BCUT2D eigenvalue weighted by Gasteiger charge is -2.14. The van der Waals surface area contributed by atoms with E-state index < -0.39 is 0 Å². The van der Waals surface area contributed by atoms with E-state index in [2.05, 4.69) is 57.3 Å². The van der Waals surface area contributed by atoms with Crippen LogP contribution < -0.4 is 10.1 Å². The summed E-state index contributed by atoms with van der Waals surface area (Å²) in [7, 11) is 1.68. The average Bonchev–Trinajstić information content (AvgIpc) is 3.54. The lowest BCUT2D eigenvalue weighted by Crippen LogP contribution is -2.21. The third kappa shape index (κ3) is 5.99. The fourth-order valence-corrected chi connectivity index (χ4v) is 5.94. The monoisotopic (exact) mass is 583 g/mol. The molecule has 1 aliphatic heterocycles. The summed E-state index contributed by atoms with van der Waals surface area (Å²) in [5.74, 6) is 2.30. The molecule has 216 valence electrons. The number of aliphatic imine (C=N–C) groups is 1. The van der Waals surface area contributed by atoms with Gasteiger partial charge in [-0.05, 0) is 67.1 Å². The van der Waals surface area contributed by atoms with Crippen molar-refractivity contribution in [2.75, 3.05) is 13.7 Å². The minimum absolute atomic E-state index is 0.0494. The Morgan fingerprint density at radius 1 is 1.07 bits per heavy atom. The number of amides is 1. The summed E-state index contributed by atoms with van der Waals surface area (Å²) in [4.78, 5) is 16.6. The molecule has 3 heterocycles. The van der Waals surface area contributed by atoms with E-state index in [0.29, 0.717) is 17.8 Å². The summed E-state index contributed by atoms with van der Waals surface area (Å²) >= 11 is 1.43. The van der Waals surface area contributed by atoms with Gasteiger partial charge in [-0.3, -0.25) is 14.4 Å². The number of phenolic OH excluding ortho intramolecular Hbond substituents is 2. The average molecular weight is 584 g/mol. The topological polar surface area (TPSA) is 122 Å². The third-order valence-corrected chi connectivity index (χ3v) is 8.26. The van der Waals surface area contributed by atoms with Crippen molar-refractivity contribution in [3.8, 4) is 22.9 Å². The van der Waals surface area contributed by atoms with Crippen molar-refractivity contribution < 1.29 is 19.7 Å². The Kier molecular flexibility index (Phi) is 8.53. The zero-order valence-electron chi connectivity index (χ0n) is 24.0. The normalized spacial score (nSPS) is 12.0. The maximum atomic E-state index is 10.7. The molecule has 0 bridgehead atoms. The lowest BCUT2D eigenvalue weighted by molar-refractivity contribution is -0.118. The Balaban J connectivity index is 0.000000181. The molecule has 0 saturated carbocycles. The molecule has 0 atom stereocenters. The minimum Gasteiger partial charge on any atom is -0.504 e. The van der Waals surface area contributed by atoms with Crippen LogP contribution in [-0.2, 0) is 24.2 Å². The summed E-state index contributed by atoms with van der Waals surface area (Å²) in [5.41, 5.74) is 5.45. The summed E-state index contributed by atoms with van der Waals surface area (Å²) in [6.45, 7) is 6.69. The quantitative estimate of drug-likeness (QED) is 0.227. The van der Waals surface area contributed by atoms with Crippen molar-refractivity contribution in [2.24, 2.45) is 4.99 Å². The first-order chi connectivity index (χ1) is 20.3. The number of rotatable bonds is 6. The van der Waals surface area contributed by atoms with E-state index in [9.17, 15) is 15.0 Å². The standard InChI is InChI=1S/C20H20N4O.C12H13NO3S/c1-4-14-5-7-15(8-6-14)20-17-11-16(25-3)9-10-18(17)24-13(2)22-23-19(24)12-21-20;1-7(14)13-5-4-9-6-8-2-3-10(15)11(16)12(8)17-9/h5-11H,4,12H2,1-3H3;2-3,6,15-16H,4-5H2,1H3,(H,13,14). The molecule has 10 heteroatoms. The number of aromatic nitrogens is 3. The molecular formula is C32H33N5O4S. The van der Waals surface area contributed by atoms with Crippen LogP contribution in [0.15, 0.2) is 65.7 Å². The highest BCUT2D eigenvalue weighted by molar-refractivity contribution is 7.19. The van der Waals surface area contributed by atoms with Crippen LogP contribution in [0.3, 0.4) is 0 Å². The van der Waals surface area contributed by atoms with Crippen molar-refractivity contribution in [2.45, 2.75) is 40.2 Å². The first kappa shape index (κ1) is 28.8. The molecule has 0 radical (unpaired) electrons. The van der Waals surface area contributed by atoms with Gasteiger partial charge in [-0.2, -0.15) is 0 Å². The minimum atomic E-state index is -0.104. The number of thiophene rings is 1. The second-order valence-electron chi connectivity index (χ2n) is 9.89. The number of ether oxygens (including phenoxy) is 1. The Hall–Kier alpha value is -4.70. The molecule has 0 saturated heterocycles. The third-order valence-electron chi connectivity index (χ3n) is 7.04. The summed E-state index contributed by atoms with van der Waals surface area (Å²) in [5, 5.41) is 31.2. The van der Waals surface area contributed by atoms with Gasteiger partial charge in [-0.25, -0.2) is 0 Å². The van der Waals surface area contributed by atoms with E-state index >= 15 is 0 Å². The number of carbonyl (C=O) groups is 1. The van der Waals surface area contributed by atoms with Gasteiger partial charge in [0.25, 0.3) is 0 Å². The fraction of sp³-hybridized carbons (Fsp3) is 0.250. The number of phenols is 2. The van der Waals surface area contributed by atoms with Gasteiger partial charge >= 0.3 is 0 Å². The van der Waals surface area contributed by atoms with Gasteiger partial charge in [0.1, 0.15) is 18.1 Å². The highest BCUT2D eigenvalue weighted by Crippen LogP contribution is 2.39. The zero-order valence-corrected chi connectivity index (χ0v) is 24.8. The number of aromatic hydroxyl groups is 2. The predicted octanol–water partition coefficient (Wildman–Crippen LogP) is 5.49. The van der Waals surface area contributed by atoms with E-state index in [1.54, 1.807) is 13.2 Å². The van der Waals surface area contributed by atoms with E-state index in [-0.39, 0.29) is 17.4 Å². The molecule has 3 aromatic carbocycles. The van der Waals surface area contributed by atoms with Crippen molar-refractivity contribution in [3.05, 3.63) is 93.9 Å². The molecule has 0 unspecified atom stereocenters. The number of nitrogens with zero attached hydrogens (tertiary/aromatic N) is 4. The molecule has 3 N–H and O–H groups in total. The molecular weight excluding hydrogens is 550 g/mol. The van der Waals surface area contributed by atoms with Crippen LogP contribution in [0.4, 0.5) is 0 Å². The van der Waals surface area contributed by atoms with E-state index in [1.165, 1.54) is 29.9 Å². The Bertz CT molecular complexity index is 1770. The van der Waals surface area contributed by atoms with Crippen molar-refractivity contribution in [1.29, 1.82) is 0 Å².